The molecule has 3 heterocycles. The Morgan fingerprint density at radius 3 is 3.09 bits per heavy atom. The van der Waals surface area contributed by atoms with Crippen molar-refractivity contribution < 1.29 is 12.9 Å². The third-order valence-corrected chi connectivity index (χ3v) is 5.44. The molecule has 126 valence electrons. The number of aromatic nitrogens is 2. The Hall–Kier alpha value is -1.29. The van der Waals surface area contributed by atoms with E-state index in [1.807, 2.05) is 17.5 Å². The normalized spacial score (nSPS) is 20.0. The Balaban J connectivity index is 1.65. The molecule has 2 aromatic rings. The summed E-state index contributed by atoms with van der Waals surface area (Å²) in [7, 11) is -3.17. The van der Waals surface area contributed by atoms with Gasteiger partial charge in [-0.25, -0.2) is 13.1 Å². The molecule has 3 rings (SSSR count). The molecule has 1 atom stereocenters. The first-order valence-corrected chi connectivity index (χ1v) is 10.3. The van der Waals surface area contributed by atoms with Crippen LogP contribution in [0.1, 0.15) is 25.2 Å². The van der Waals surface area contributed by atoms with Crippen LogP contribution < -0.4 is 4.72 Å². The fourth-order valence-electron chi connectivity index (χ4n) is 2.75. The number of nitrogens with zero attached hydrogens (tertiary/aromatic N) is 3. The number of rotatable bonds is 6. The second-order valence-corrected chi connectivity index (χ2v) is 8.51. The Kier molecular flexibility index (Phi) is 5.10. The van der Waals surface area contributed by atoms with Gasteiger partial charge in [0.05, 0.1) is 17.7 Å². The largest absolute Gasteiger partial charge is 0.338 e. The predicted octanol–water partition coefficient (Wildman–Crippen LogP) is 1.70. The topological polar surface area (TPSA) is 88.3 Å². The van der Waals surface area contributed by atoms with E-state index >= 15 is 0 Å². The van der Waals surface area contributed by atoms with E-state index in [2.05, 4.69) is 19.8 Å². The predicted molar refractivity (Wildman–Crippen MR) is 88.5 cm³/mol. The maximum atomic E-state index is 11.3. The lowest BCUT2D eigenvalue weighted by molar-refractivity contribution is 0.125. The van der Waals surface area contributed by atoms with Gasteiger partial charge in [0.25, 0.3) is 0 Å². The second-order valence-electron chi connectivity index (χ2n) is 5.73. The van der Waals surface area contributed by atoms with E-state index in [1.54, 1.807) is 11.3 Å². The van der Waals surface area contributed by atoms with Gasteiger partial charge in [-0.1, -0.05) is 17.6 Å². The number of hydrogen-bond donors (Lipinski definition) is 1. The molecule has 0 amide bonds. The van der Waals surface area contributed by atoms with Gasteiger partial charge < -0.3 is 4.52 Å². The highest BCUT2D eigenvalue weighted by molar-refractivity contribution is 7.88. The molecule has 23 heavy (non-hydrogen) atoms. The highest BCUT2D eigenvalue weighted by atomic mass is 32.2. The zero-order valence-corrected chi connectivity index (χ0v) is 14.6. The first-order valence-electron chi connectivity index (χ1n) is 7.56. The molecule has 0 unspecified atom stereocenters. The van der Waals surface area contributed by atoms with Crippen molar-refractivity contribution in [2.75, 3.05) is 19.3 Å². The number of sulfonamides is 1. The molecule has 0 spiro atoms. The maximum Gasteiger partial charge on any atom is 0.241 e. The average Bonchev–Trinajstić information content (AvgIpc) is 3.16. The van der Waals surface area contributed by atoms with Crippen molar-refractivity contribution in [1.82, 2.24) is 19.8 Å². The zero-order valence-electron chi connectivity index (χ0n) is 12.9. The molecule has 0 radical (unpaired) electrons. The van der Waals surface area contributed by atoms with Gasteiger partial charge in [0.15, 0.2) is 0 Å². The summed E-state index contributed by atoms with van der Waals surface area (Å²) in [5.41, 5.74) is 0. The van der Waals surface area contributed by atoms with Crippen LogP contribution in [0.15, 0.2) is 22.0 Å². The zero-order chi connectivity index (χ0) is 16.3. The van der Waals surface area contributed by atoms with Gasteiger partial charge in [0, 0.05) is 12.6 Å². The monoisotopic (exact) mass is 356 g/mol. The summed E-state index contributed by atoms with van der Waals surface area (Å²) in [5, 5.41) is 6.00. The number of thiophene rings is 1. The van der Waals surface area contributed by atoms with E-state index in [9.17, 15) is 8.42 Å². The van der Waals surface area contributed by atoms with Crippen LogP contribution in [0.2, 0.25) is 0 Å². The molecule has 1 fully saturated rings. The van der Waals surface area contributed by atoms with Crippen LogP contribution in [0.25, 0.3) is 10.7 Å². The summed E-state index contributed by atoms with van der Waals surface area (Å²) >= 11 is 1.57. The molecule has 0 aromatic carbocycles. The third-order valence-electron chi connectivity index (χ3n) is 3.88. The third kappa shape index (κ3) is 4.60. The molecule has 1 N–H and O–H groups in total. The van der Waals surface area contributed by atoms with Crippen LogP contribution in [-0.2, 0) is 16.6 Å². The van der Waals surface area contributed by atoms with Crippen molar-refractivity contribution in [3.8, 4) is 10.7 Å². The SMILES string of the molecule is CS(=O)(=O)NC[C@@H]1CCCCN1Cc1nc(-c2cccs2)no1. The Labute approximate surface area is 139 Å². The van der Waals surface area contributed by atoms with Crippen LogP contribution in [0.4, 0.5) is 0 Å². The van der Waals surface area contributed by atoms with Gasteiger partial charge in [-0.3, -0.25) is 4.90 Å². The minimum atomic E-state index is -3.17. The molecule has 2 aromatic heterocycles. The first-order chi connectivity index (χ1) is 11.0. The maximum absolute atomic E-state index is 11.3. The Bertz CT molecular complexity index is 727. The smallest absolute Gasteiger partial charge is 0.241 e. The molecule has 0 bridgehead atoms. The van der Waals surface area contributed by atoms with E-state index < -0.39 is 10.0 Å². The second kappa shape index (κ2) is 7.08. The van der Waals surface area contributed by atoms with Gasteiger partial charge >= 0.3 is 0 Å². The van der Waals surface area contributed by atoms with Gasteiger partial charge in [-0.2, -0.15) is 4.98 Å². The first kappa shape index (κ1) is 16.6. The van der Waals surface area contributed by atoms with Crippen molar-refractivity contribution in [2.24, 2.45) is 0 Å². The lowest BCUT2D eigenvalue weighted by atomic mass is 10.0. The molecule has 7 nitrogen and oxygen atoms in total. The van der Waals surface area contributed by atoms with Gasteiger partial charge in [-0.05, 0) is 30.8 Å². The van der Waals surface area contributed by atoms with Crippen LogP contribution in [0.5, 0.6) is 0 Å². The Morgan fingerprint density at radius 1 is 1.48 bits per heavy atom. The summed E-state index contributed by atoms with van der Waals surface area (Å²) in [4.78, 5) is 7.64. The lowest BCUT2D eigenvalue weighted by Gasteiger charge is -2.34. The van der Waals surface area contributed by atoms with Crippen molar-refractivity contribution in [1.29, 1.82) is 0 Å². The number of piperidine rings is 1. The standard InChI is InChI=1S/C14H20N4O3S2/c1-23(19,20)15-9-11-5-2-3-7-18(11)10-13-16-14(17-21-13)12-6-4-8-22-12/h4,6,8,11,15H,2-3,5,7,9-10H2,1H3/t11-/m0/s1. The molecule has 0 aliphatic carbocycles. The van der Waals surface area contributed by atoms with E-state index in [1.165, 1.54) is 6.26 Å². The molecular weight excluding hydrogens is 336 g/mol. The molecule has 1 saturated heterocycles. The highest BCUT2D eigenvalue weighted by Gasteiger charge is 2.25. The summed E-state index contributed by atoms with van der Waals surface area (Å²) in [5.74, 6) is 1.18. The molecule has 9 heteroatoms. The lowest BCUT2D eigenvalue weighted by Crippen LogP contribution is -2.46. The van der Waals surface area contributed by atoms with Crippen LogP contribution in [-0.4, -0.2) is 48.8 Å². The van der Waals surface area contributed by atoms with Crippen molar-refractivity contribution in [3.63, 3.8) is 0 Å². The van der Waals surface area contributed by atoms with Gasteiger partial charge in [-0.15, -0.1) is 11.3 Å². The fourth-order valence-corrected chi connectivity index (χ4v) is 3.89. The van der Waals surface area contributed by atoms with E-state index in [0.29, 0.717) is 24.8 Å². The van der Waals surface area contributed by atoms with E-state index in [0.717, 1.165) is 30.7 Å². The van der Waals surface area contributed by atoms with E-state index in [-0.39, 0.29) is 6.04 Å². The van der Waals surface area contributed by atoms with Crippen LogP contribution >= 0.6 is 11.3 Å². The summed E-state index contributed by atoms with van der Waals surface area (Å²) < 4.78 is 30.6. The van der Waals surface area contributed by atoms with Gasteiger partial charge in [0.2, 0.25) is 21.7 Å². The molecule has 1 aliphatic rings. The number of nitrogens with one attached hydrogen (secondary N) is 1. The summed E-state index contributed by atoms with van der Waals surface area (Å²) in [6, 6.07) is 4.07. The summed E-state index contributed by atoms with van der Waals surface area (Å²) in [6.07, 6.45) is 4.36. The van der Waals surface area contributed by atoms with E-state index in [4.69, 9.17) is 4.52 Å². The van der Waals surface area contributed by atoms with Crippen molar-refractivity contribution in [2.45, 2.75) is 31.8 Å². The molecule has 1 aliphatic heterocycles. The van der Waals surface area contributed by atoms with Crippen molar-refractivity contribution in [3.05, 3.63) is 23.4 Å². The average molecular weight is 356 g/mol. The van der Waals surface area contributed by atoms with Gasteiger partial charge in [0.1, 0.15) is 0 Å². The Morgan fingerprint density at radius 2 is 2.35 bits per heavy atom. The number of hydrogen-bond acceptors (Lipinski definition) is 7. The number of likely N-dealkylation sites (tertiary alicyclic amines) is 1. The summed E-state index contributed by atoms with van der Waals surface area (Å²) in [6.45, 7) is 1.88. The molecular formula is C14H20N4O3S2. The van der Waals surface area contributed by atoms with Crippen LogP contribution in [0, 0.1) is 0 Å². The quantitative estimate of drug-likeness (QED) is 0.847. The minimum Gasteiger partial charge on any atom is -0.338 e. The highest BCUT2D eigenvalue weighted by Crippen LogP contribution is 2.23. The minimum absolute atomic E-state index is 0.163. The van der Waals surface area contributed by atoms with Crippen LogP contribution in [0.3, 0.4) is 0 Å². The fraction of sp³-hybridized carbons (Fsp3) is 0.571. The van der Waals surface area contributed by atoms with Crippen molar-refractivity contribution >= 4 is 21.4 Å². The molecule has 0 saturated carbocycles.